The summed E-state index contributed by atoms with van der Waals surface area (Å²) >= 11 is 0. The predicted octanol–water partition coefficient (Wildman–Crippen LogP) is 0.855. The summed E-state index contributed by atoms with van der Waals surface area (Å²) in [6.45, 7) is 0.789. The number of carbonyl (C=O) groups excluding carboxylic acids is 1. The van der Waals surface area contributed by atoms with E-state index in [1.165, 1.54) is 0 Å². The summed E-state index contributed by atoms with van der Waals surface area (Å²) in [5.74, 6) is -0.00531. The topological polar surface area (TPSA) is 82.2 Å². The van der Waals surface area contributed by atoms with E-state index >= 15 is 0 Å². The van der Waals surface area contributed by atoms with Gasteiger partial charge < -0.3 is 16.0 Å². The smallest absolute Gasteiger partial charge is 0.242 e. The Kier molecular flexibility index (Phi) is 3.38. The van der Waals surface area contributed by atoms with Gasteiger partial charge in [0.2, 0.25) is 5.91 Å². The molecule has 5 nitrogen and oxygen atoms in total. The summed E-state index contributed by atoms with van der Waals surface area (Å²) in [4.78, 5) is 13.8. The summed E-state index contributed by atoms with van der Waals surface area (Å²) in [7, 11) is 1.63. The molecule has 94 valence electrons. The Morgan fingerprint density at radius 1 is 1.61 bits per heavy atom. The predicted molar refractivity (Wildman–Crippen MR) is 70.0 cm³/mol. The number of carbonyl (C=O) groups is 1. The van der Waals surface area contributed by atoms with Gasteiger partial charge in [-0.2, -0.15) is 5.26 Å². The number of hydrogen-bond donors (Lipinski definition) is 2. The van der Waals surface area contributed by atoms with Crippen molar-refractivity contribution in [3.8, 4) is 6.07 Å². The van der Waals surface area contributed by atoms with E-state index in [-0.39, 0.29) is 11.9 Å². The molecular weight excluding hydrogens is 228 g/mol. The van der Waals surface area contributed by atoms with Crippen LogP contribution in [0.3, 0.4) is 0 Å². The van der Waals surface area contributed by atoms with E-state index in [1.807, 2.05) is 11.0 Å². The molecule has 0 bridgehead atoms. The highest BCUT2D eigenvalue weighted by molar-refractivity contribution is 5.87. The number of hydrogen-bond acceptors (Lipinski definition) is 4. The first-order chi connectivity index (χ1) is 8.69. The third-order valence-electron chi connectivity index (χ3n) is 3.31. The minimum absolute atomic E-state index is 0.00531. The maximum Gasteiger partial charge on any atom is 0.242 e. The minimum atomic E-state index is -0.189. The van der Waals surface area contributed by atoms with E-state index in [0.29, 0.717) is 11.3 Å². The van der Waals surface area contributed by atoms with Crippen LogP contribution in [0.25, 0.3) is 0 Å². The van der Waals surface area contributed by atoms with Gasteiger partial charge >= 0.3 is 0 Å². The molecule has 1 amide bonds. The number of para-hydroxylation sites is 1. The Balaban J connectivity index is 2.37. The van der Waals surface area contributed by atoms with Crippen LogP contribution in [0.15, 0.2) is 18.2 Å². The first-order valence-electron chi connectivity index (χ1n) is 5.96. The van der Waals surface area contributed by atoms with E-state index in [1.54, 1.807) is 19.2 Å². The zero-order valence-electron chi connectivity index (χ0n) is 10.3. The number of nitrogens with two attached hydrogens (primary N) is 1. The molecule has 0 radical (unpaired) electrons. The molecule has 0 aromatic heterocycles. The third-order valence-corrected chi connectivity index (χ3v) is 3.31. The SMILES string of the molecule is CNC(=O)C1CCCN1c1cccc(C#N)c1N. The number of nitrogens with one attached hydrogen (secondary N) is 1. The molecule has 1 heterocycles. The Labute approximate surface area is 106 Å². The van der Waals surface area contributed by atoms with Crippen LogP contribution in [0.2, 0.25) is 0 Å². The van der Waals surface area contributed by atoms with Crippen molar-refractivity contribution >= 4 is 17.3 Å². The van der Waals surface area contributed by atoms with Crippen molar-refractivity contribution in [3.63, 3.8) is 0 Å². The summed E-state index contributed by atoms with van der Waals surface area (Å²) in [6, 6.07) is 7.21. The fourth-order valence-corrected chi connectivity index (χ4v) is 2.40. The van der Waals surface area contributed by atoms with Crippen LogP contribution >= 0.6 is 0 Å². The fourth-order valence-electron chi connectivity index (χ4n) is 2.40. The van der Waals surface area contributed by atoms with E-state index < -0.39 is 0 Å². The normalized spacial score (nSPS) is 18.4. The van der Waals surface area contributed by atoms with Gasteiger partial charge in [-0.05, 0) is 25.0 Å². The minimum Gasteiger partial charge on any atom is -0.396 e. The van der Waals surface area contributed by atoms with Gasteiger partial charge in [0, 0.05) is 13.6 Å². The number of nitrogen functional groups attached to an aromatic ring is 1. The lowest BCUT2D eigenvalue weighted by Crippen LogP contribution is -2.42. The van der Waals surface area contributed by atoms with E-state index in [9.17, 15) is 4.79 Å². The maximum atomic E-state index is 11.8. The van der Waals surface area contributed by atoms with E-state index in [2.05, 4.69) is 11.4 Å². The number of likely N-dealkylation sites (N-methyl/N-ethyl adjacent to an activating group) is 1. The maximum absolute atomic E-state index is 11.8. The van der Waals surface area contributed by atoms with Gasteiger partial charge in [0.25, 0.3) is 0 Å². The lowest BCUT2D eigenvalue weighted by Gasteiger charge is -2.26. The number of anilines is 2. The average molecular weight is 244 g/mol. The van der Waals surface area contributed by atoms with Crippen molar-refractivity contribution in [2.24, 2.45) is 0 Å². The highest BCUT2D eigenvalue weighted by Gasteiger charge is 2.31. The second-order valence-electron chi connectivity index (χ2n) is 4.32. The van der Waals surface area contributed by atoms with Crippen molar-refractivity contribution in [2.75, 3.05) is 24.2 Å². The molecule has 0 saturated carbocycles. The van der Waals surface area contributed by atoms with Gasteiger partial charge in [-0.3, -0.25) is 4.79 Å². The summed E-state index contributed by atoms with van der Waals surface area (Å²) < 4.78 is 0. The van der Waals surface area contributed by atoms with Crippen molar-refractivity contribution in [1.82, 2.24) is 5.32 Å². The van der Waals surface area contributed by atoms with Crippen LogP contribution in [0, 0.1) is 11.3 Å². The summed E-state index contributed by atoms with van der Waals surface area (Å²) in [5, 5.41) is 11.6. The standard InChI is InChI=1S/C13H16N4O/c1-16-13(18)11-6-3-7-17(11)10-5-2-4-9(8-14)12(10)15/h2,4-5,11H,3,6-7,15H2,1H3,(H,16,18). The van der Waals surface area contributed by atoms with Crippen LogP contribution < -0.4 is 16.0 Å². The lowest BCUT2D eigenvalue weighted by atomic mass is 10.1. The highest BCUT2D eigenvalue weighted by Crippen LogP contribution is 2.32. The molecule has 2 rings (SSSR count). The highest BCUT2D eigenvalue weighted by atomic mass is 16.2. The zero-order chi connectivity index (χ0) is 13.1. The molecule has 1 fully saturated rings. The molecule has 3 N–H and O–H groups in total. The van der Waals surface area contributed by atoms with Crippen LogP contribution in [0.5, 0.6) is 0 Å². The zero-order valence-corrected chi connectivity index (χ0v) is 10.3. The van der Waals surface area contributed by atoms with Gasteiger partial charge in [0.1, 0.15) is 12.1 Å². The summed E-state index contributed by atoms with van der Waals surface area (Å²) in [6.07, 6.45) is 1.77. The second-order valence-corrected chi connectivity index (χ2v) is 4.32. The van der Waals surface area contributed by atoms with Crippen LogP contribution in [-0.4, -0.2) is 25.5 Å². The molecule has 1 aromatic rings. The monoisotopic (exact) mass is 244 g/mol. The molecule has 0 spiro atoms. The Morgan fingerprint density at radius 3 is 3.06 bits per heavy atom. The van der Waals surface area contributed by atoms with Gasteiger partial charge in [-0.1, -0.05) is 6.07 Å². The van der Waals surface area contributed by atoms with Crippen molar-refractivity contribution < 1.29 is 4.79 Å². The largest absolute Gasteiger partial charge is 0.396 e. The quantitative estimate of drug-likeness (QED) is 0.756. The molecule has 1 unspecified atom stereocenters. The molecule has 1 aliphatic rings. The molecule has 1 aliphatic heterocycles. The van der Waals surface area contributed by atoms with Crippen LogP contribution in [0.1, 0.15) is 18.4 Å². The van der Waals surface area contributed by atoms with Gasteiger partial charge in [-0.15, -0.1) is 0 Å². The molecule has 1 atom stereocenters. The van der Waals surface area contributed by atoms with E-state index in [0.717, 1.165) is 25.1 Å². The molecule has 1 aromatic carbocycles. The first kappa shape index (κ1) is 12.2. The van der Waals surface area contributed by atoms with Gasteiger partial charge in [0.15, 0.2) is 0 Å². The summed E-state index contributed by atoms with van der Waals surface area (Å²) in [5.41, 5.74) is 7.67. The number of benzene rings is 1. The molecule has 1 saturated heterocycles. The van der Waals surface area contributed by atoms with Crippen molar-refractivity contribution in [2.45, 2.75) is 18.9 Å². The van der Waals surface area contributed by atoms with E-state index in [4.69, 9.17) is 11.0 Å². The fraction of sp³-hybridized carbons (Fsp3) is 0.385. The third kappa shape index (κ3) is 1.97. The van der Waals surface area contributed by atoms with Crippen molar-refractivity contribution in [1.29, 1.82) is 5.26 Å². The molecular formula is C13H16N4O. The average Bonchev–Trinajstić information content (AvgIpc) is 2.87. The van der Waals surface area contributed by atoms with Crippen LogP contribution in [0.4, 0.5) is 11.4 Å². The Morgan fingerprint density at radius 2 is 2.39 bits per heavy atom. The first-order valence-corrected chi connectivity index (χ1v) is 5.96. The van der Waals surface area contributed by atoms with Gasteiger partial charge in [0.05, 0.1) is 16.9 Å². The number of nitriles is 1. The molecule has 18 heavy (non-hydrogen) atoms. The number of rotatable bonds is 2. The van der Waals surface area contributed by atoms with Gasteiger partial charge in [-0.25, -0.2) is 0 Å². The second kappa shape index (κ2) is 4.96. The Hall–Kier alpha value is -2.22. The number of amides is 1. The molecule has 0 aliphatic carbocycles. The lowest BCUT2D eigenvalue weighted by molar-refractivity contribution is -0.121. The van der Waals surface area contributed by atoms with Crippen LogP contribution in [-0.2, 0) is 4.79 Å². The Bertz CT molecular complexity index is 506. The number of nitrogens with zero attached hydrogens (tertiary/aromatic N) is 2. The molecule has 5 heteroatoms. The van der Waals surface area contributed by atoms with Crippen molar-refractivity contribution in [3.05, 3.63) is 23.8 Å².